The molecule has 2 aliphatic rings. The highest BCUT2D eigenvalue weighted by atomic mass is 32.1. The van der Waals surface area contributed by atoms with Crippen LogP contribution in [-0.4, -0.2) is 54.7 Å². The molecule has 50 heavy (non-hydrogen) atoms. The number of pyridine rings is 1. The fourth-order valence-corrected chi connectivity index (χ4v) is 6.53. The van der Waals surface area contributed by atoms with Crippen LogP contribution in [0.15, 0.2) is 60.0 Å². The van der Waals surface area contributed by atoms with Crippen molar-refractivity contribution in [3.63, 3.8) is 0 Å². The number of aromatic nitrogens is 1. The molecule has 3 N–H and O–H groups in total. The van der Waals surface area contributed by atoms with Crippen molar-refractivity contribution in [2.24, 2.45) is 5.41 Å². The van der Waals surface area contributed by atoms with E-state index in [-0.39, 0.29) is 28.9 Å². The topological polar surface area (TPSA) is 145 Å². The van der Waals surface area contributed by atoms with E-state index in [0.29, 0.717) is 42.1 Å². The average molecular weight is 697 g/mol. The van der Waals surface area contributed by atoms with E-state index in [9.17, 15) is 19.2 Å². The molecule has 0 spiro atoms. The molecular weight excluding hydrogens is 657 g/mol. The van der Waals surface area contributed by atoms with E-state index < -0.39 is 29.5 Å². The lowest BCUT2D eigenvalue weighted by atomic mass is 9.93. The fraction of sp³-hybridized carbons (Fsp3) is 0.342. The lowest BCUT2D eigenvalue weighted by molar-refractivity contribution is 0.0522. The molecule has 1 saturated carbocycles. The predicted octanol–water partition coefficient (Wildman–Crippen LogP) is 7.01. The van der Waals surface area contributed by atoms with Crippen LogP contribution in [0.2, 0.25) is 0 Å². The molecule has 2 aromatic heterocycles. The number of nitrogens with zero attached hydrogens (tertiary/aromatic N) is 1. The van der Waals surface area contributed by atoms with Crippen molar-refractivity contribution in [2.75, 3.05) is 25.6 Å². The number of ether oxygens (including phenoxy) is 3. The van der Waals surface area contributed by atoms with Crippen LogP contribution in [0.4, 0.5) is 10.5 Å². The lowest BCUT2D eigenvalue weighted by Gasteiger charge is -2.19. The van der Waals surface area contributed by atoms with E-state index in [2.05, 4.69) is 33.9 Å². The minimum absolute atomic E-state index is 0.0693. The number of rotatable bonds is 9. The second-order valence-corrected chi connectivity index (χ2v) is 14.8. The Balaban J connectivity index is 1.34. The highest BCUT2D eigenvalue weighted by Crippen LogP contribution is 2.45. The summed E-state index contributed by atoms with van der Waals surface area (Å²) in [6.45, 7) is 8.69. The Morgan fingerprint density at radius 2 is 1.70 bits per heavy atom. The number of fused-ring (bicyclic) bond motifs is 3. The van der Waals surface area contributed by atoms with Gasteiger partial charge in [0.15, 0.2) is 5.69 Å². The van der Waals surface area contributed by atoms with Gasteiger partial charge in [0.25, 0.3) is 11.8 Å². The molecule has 2 aromatic carbocycles. The molecule has 1 aliphatic heterocycles. The lowest BCUT2D eigenvalue weighted by Crippen LogP contribution is -2.32. The summed E-state index contributed by atoms with van der Waals surface area (Å²) in [7, 11) is 1.24. The van der Waals surface area contributed by atoms with Gasteiger partial charge in [-0.05, 0) is 98.0 Å². The number of hydrogen-bond acceptors (Lipinski definition) is 9. The van der Waals surface area contributed by atoms with Crippen LogP contribution < -0.4 is 20.7 Å². The van der Waals surface area contributed by atoms with Crippen molar-refractivity contribution in [2.45, 2.75) is 59.1 Å². The van der Waals surface area contributed by atoms with Gasteiger partial charge < -0.3 is 30.2 Å². The monoisotopic (exact) mass is 696 g/mol. The van der Waals surface area contributed by atoms with Gasteiger partial charge in [0.2, 0.25) is 0 Å². The summed E-state index contributed by atoms with van der Waals surface area (Å²) in [6, 6.07) is 15.8. The molecule has 6 rings (SSSR count). The van der Waals surface area contributed by atoms with E-state index >= 15 is 0 Å². The maximum Gasteiger partial charge on any atom is 0.407 e. The summed E-state index contributed by atoms with van der Waals surface area (Å²) in [4.78, 5) is 57.9. The third-order valence-corrected chi connectivity index (χ3v) is 9.60. The van der Waals surface area contributed by atoms with Crippen LogP contribution in [-0.2, 0) is 22.4 Å². The Bertz CT molecular complexity index is 1960. The van der Waals surface area contributed by atoms with E-state index in [1.165, 1.54) is 7.11 Å². The summed E-state index contributed by atoms with van der Waals surface area (Å²) < 4.78 is 16.6. The molecule has 0 unspecified atom stereocenters. The summed E-state index contributed by atoms with van der Waals surface area (Å²) in [5.74, 6) is -1.01. The third-order valence-electron chi connectivity index (χ3n) is 8.61. The number of carbonyl (C=O) groups is 4. The molecular formula is C38H40N4O7S. The van der Waals surface area contributed by atoms with E-state index in [1.54, 1.807) is 80.6 Å². The maximum absolute atomic E-state index is 14.2. The van der Waals surface area contributed by atoms with Crippen LogP contribution in [0.25, 0.3) is 21.6 Å². The van der Waals surface area contributed by atoms with Crippen molar-refractivity contribution in [3.05, 3.63) is 88.1 Å². The molecule has 3 amide bonds. The molecule has 1 fully saturated rings. The second kappa shape index (κ2) is 13.9. The minimum Gasteiger partial charge on any atom is -0.493 e. The molecule has 0 atom stereocenters. The number of alkyl carbamates (subject to hydrolysis) is 1. The fourth-order valence-electron chi connectivity index (χ4n) is 5.55. The van der Waals surface area contributed by atoms with Crippen LogP contribution in [0.3, 0.4) is 0 Å². The van der Waals surface area contributed by atoms with Gasteiger partial charge in [-0.3, -0.25) is 9.59 Å². The van der Waals surface area contributed by atoms with Gasteiger partial charge in [-0.15, -0.1) is 11.3 Å². The first-order valence-corrected chi connectivity index (χ1v) is 17.3. The van der Waals surface area contributed by atoms with Gasteiger partial charge >= 0.3 is 12.1 Å². The standard InChI is InChI=1S/C38H40N4O7S/c1-37(2,3)49-36(46)39-20-22-6-8-24(9-7-22)41-33(43)27-18-28-30(48-16-12-23-13-17-50-32(23)28)19-26(27)25-10-11-29(42-31(25)35(45)47-5)34(44)40-21-38(4)14-15-38/h6-11,13,17-19H,12,14-16,20-21H2,1-5H3,(H,39,46)(H,40,44)(H,41,43). The normalized spacial score (nSPS) is 14.2. The number of methoxy groups -OCH3 is 1. The highest BCUT2D eigenvalue weighted by molar-refractivity contribution is 7.13. The van der Waals surface area contributed by atoms with Gasteiger partial charge in [0, 0.05) is 52.3 Å². The zero-order valence-corrected chi connectivity index (χ0v) is 29.5. The predicted molar refractivity (Wildman–Crippen MR) is 191 cm³/mol. The third kappa shape index (κ3) is 7.97. The largest absolute Gasteiger partial charge is 0.493 e. The van der Waals surface area contributed by atoms with Crippen molar-refractivity contribution in [1.29, 1.82) is 0 Å². The molecule has 11 nitrogen and oxygen atoms in total. The Hall–Kier alpha value is -5.23. The average Bonchev–Trinajstić information content (AvgIpc) is 3.70. The summed E-state index contributed by atoms with van der Waals surface area (Å²) in [5.41, 5.74) is 3.65. The summed E-state index contributed by atoms with van der Waals surface area (Å²) in [6.07, 6.45) is 2.27. The molecule has 4 aromatic rings. The van der Waals surface area contributed by atoms with Crippen LogP contribution in [0, 0.1) is 5.41 Å². The summed E-state index contributed by atoms with van der Waals surface area (Å²) >= 11 is 1.56. The number of hydrogen-bond donors (Lipinski definition) is 3. The first-order valence-electron chi connectivity index (χ1n) is 16.5. The molecule has 12 heteroatoms. The zero-order valence-electron chi connectivity index (χ0n) is 28.7. The van der Waals surface area contributed by atoms with Crippen molar-refractivity contribution in [1.82, 2.24) is 15.6 Å². The molecule has 3 heterocycles. The Kier molecular flexibility index (Phi) is 9.66. The smallest absolute Gasteiger partial charge is 0.407 e. The minimum atomic E-state index is -0.748. The van der Waals surface area contributed by atoms with Crippen LogP contribution in [0.1, 0.15) is 83.0 Å². The van der Waals surface area contributed by atoms with Crippen molar-refractivity contribution in [3.8, 4) is 27.3 Å². The summed E-state index contributed by atoms with van der Waals surface area (Å²) in [5, 5.41) is 10.6. The number of amides is 3. The van der Waals surface area contributed by atoms with Crippen LogP contribution in [0.5, 0.6) is 5.75 Å². The number of benzene rings is 2. The second-order valence-electron chi connectivity index (χ2n) is 13.9. The van der Waals surface area contributed by atoms with Gasteiger partial charge in [-0.1, -0.05) is 19.1 Å². The number of thiophene rings is 1. The number of nitrogens with one attached hydrogen (secondary N) is 3. The Morgan fingerprint density at radius 3 is 2.40 bits per heavy atom. The SMILES string of the molecule is COC(=O)c1nc(C(=O)NCC2(C)CC2)ccc1-c1cc2c(cc1C(=O)Nc1ccc(CNC(=O)OC(C)(C)C)cc1)-c1sccc1CCO2. The van der Waals surface area contributed by atoms with E-state index in [0.717, 1.165) is 34.4 Å². The number of carbonyl (C=O) groups excluding carboxylic acids is 4. The number of anilines is 1. The first kappa shape index (κ1) is 34.6. The highest BCUT2D eigenvalue weighted by Gasteiger charge is 2.37. The van der Waals surface area contributed by atoms with Crippen LogP contribution >= 0.6 is 11.3 Å². The maximum atomic E-state index is 14.2. The van der Waals surface area contributed by atoms with Gasteiger partial charge in [-0.25, -0.2) is 14.6 Å². The van der Waals surface area contributed by atoms with Gasteiger partial charge in [-0.2, -0.15) is 0 Å². The Labute approximate surface area is 294 Å². The quantitative estimate of drug-likeness (QED) is 0.159. The zero-order chi connectivity index (χ0) is 35.6. The molecule has 1 aliphatic carbocycles. The molecule has 0 bridgehead atoms. The van der Waals surface area contributed by atoms with Crippen molar-refractivity contribution >= 4 is 40.9 Å². The molecule has 0 radical (unpaired) electrons. The van der Waals surface area contributed by atoms with E-state index in [4.69, 9.17) is 14.2 Å². The molecule has 260 valence electrons. The van der Waals surface area contributed by atoms with Crippen molar-refractivity contribution < 1.29 is 33.4 Å². The Morgan fingerprint density at radius 1 is 0.940 bits per heavy atom. The van der Waals surface area contributed by atoms with Gasteiger partial charge in [0.05, 0.1) is 13.7 Å². The number of esters is 1. The first-order chi connectivity index (χ1) is 23.8. The van der Waals surface area contributed by atoms with Gasteiger partial charge in [0.1, 0.15) is 17.0 Å². The molecule has 0 saturated heterocycles. The van der Waals surface area contributed by atoms with E-state index in [1.807, 2.05) is 5.38 Å².